The van der Waals surface area contributed by atoms with Crippen LogP contribution in [0.15, 0.2) is 0 Å². The summed E-state index contributed by atoms with van der Waals surface area (Å²) in [6, 6.07) is -1.35. The number of nitrogens with one attached hydrogen (secondary N) is 1. The number of hydrogen-bond donors (Lipinski definition) is 1. The number of ether oxygens (including phenoxy) is 1. The molecule has 0 aromatic heterocycles. The standard InChI is InChI=1S/C8H11F3NO3/c1-4(2)5(6(13)15-3)12-7(14)8(9,10)11/h4-5H,3H2,1-2H3,(H,12,14)/t5-/m0/s1. The number of carbonyl (C=O) groups excluding carboxylic acids is 2. The zero-order valence-corrected chi connectivity index (χ0v) is 8.22. The van der Waals surface area contributed by atoms with Crippen molar-refractivity contribution >= 4 is 11.9 Å². The smallest absolute Gasteiger partial charge is 0.461 e. The van der Waals surface area contributed by atoms with E-state index in [0.29, 0.717) is 0 Å². The molecule has 0 spiro atoms. The Balaban J connectivity index is 4.57. The van der Waals surface area contributed by atoms with Crippen molar-refractivity contribution in [1.82, 2.24) is 5.32 Å². The lowest BCUT2D eigenvalue weighted by Gasteiger charge is -2.20. The topological polar surface area (TPSA) is 55.4 Å². The van der Waals surface area contributed by atoms with Crippen LogP contribution in [0.2, 0.25) is 0 Å². The van der Waals surface area contributed by atoms with E-state index >= 15 is 0 Å². The number of esters is 1. The maximum atomic E-state index is 11.9. The molecule has 0 fully saturated rings. The first-order chi connectivity index (χ1) is 6.70. The van der Waals surface area contributed by atoms with Crippen LogP contribution in [0.1, 0.15) is 13.8 Å². The highest BCUT2D eigenvalue weighted by molar-refractivity contribution is 5.87. The second-order valence-electron chi connectivity index (χ2n) is 3.16. The van der Waals surface area contributed by atoms with Gasteiger partial charge >= 0.3 is 18.1 Å². The number of carbonyl (C=O) groups is 2. The van der Waals surface area contributed by atoms with E-state index in [1.165, 1.54) is 19.2 Å². The average molecular weight is 226 g/mol. The summed E-state index contributed by atoms with van der Waals surface area (Å²) in [6.07, 6.45) is -5.02. The summed E-state index contributed by atoms with van der Waals surface area (Å²) in [7, 11) is 2.78. The first-order valence-electron chi connectivity index (χ1n) is 4.03. The van der Waals surface area contributed by atoms with Crippen molar-refractivity contribution in [3.05, 3.63) is 7.11 Å². The molecule has 1 atom stereocenters. The third-order valence-corrected chi connectivity index (χ3v) is 1.61. The van der Waals surface area contributed by atoms with Crippen molar-refractivity contribution in [3.8, 4) is 0 Å². The predicted molar refractivity (Wildman–Crippen MR) is 44.3 cm³/mol. The van der Waals surface area contributed by atoms with Crippen LogP contribution >= 0.6 is 0 Å². The van der Waals surface area contributed by atoms with Crippen LogP contribution in [-0.2, 0) is 14.3 Å². The normalized spacial score (nSPS) is 13.5. The molecule has 87 valence electrons. The van der Waals surface area contributed by atoms with E-state index in [2.05, 4.69) is 11.8 Å². The molecular formula is C8H11F3NO3. The van der Waals surface area contributed by atoms with Crippen LogP contribution in [-0.4, -0.2) is 24.1 Å². The molecular weight excluding hydrogens is 215 g/mol. The van der Waals surface area contributed by atoms with Gasteiger partial charge in [0.2, 0.25) is 0 Å². The number of amides is 1. The molecule has 0 aliphatic carbocycles. The first-order valence-corrected chi connectivity index (χ1v) is 4.03. The Kier molecular flexibility index (Phi) is 4.57. The molecule has 1 N–H and O–H groups in total. The van der Waals surface area contributed by atoms with Gasteiger partial charge in [0.05, 0.1) is 0 Å². The minimum atomic E-state index is -5.02. The van der Waals surface area contributed by atoms with Crippen molar-refractivity contribution in [3.63, 3.8) is 0 Å². The Morgan fingerprint density at radius 1 is 1.33 bits per heavy atom. The molecule has 0 unspecified atom stereocenters. The van der Waals surface area contributed by atoms with E-state index in [-0.39, 0.29) is 0 Å². The van der Waals surface area contributed by atoms with Crippen molar-refractivity contribution < 1.29 is 27.5 Å². The van der Waals surface area contributed by atoms with Gasteiger partial charge in [-0.15, -0.1) is 0 Å². The number of rotatable bonds is 3. The fourth-order valence-corrected chi connectivity index (χ4v) is 0.811. The summed E-state index contributed by atoms with van der Waals surface area (Å²) in [5.41, 5.74) is 0. The zero-order chi connectivity index (χ0) is 12.2. The van der Waals surface area contributed by atoms with Gasteiger partial charge in [0.1, 0.15) is 13.2 Å². The van der Waals surface area contributed by atoms with Gasteiger partial charge in [-0.1, -0.05) is 13.8 Å². The number of hydrogen-bond acceptors (Lipinski definition) is 3. The molecule has 4 nitrogen and oxygen atoms in total. The van der Waals surface area contributed by atoms with Gasteiger partial charge < -0.3 is 10.1 Å². The minimum absolute atomic E-state index is 0.523. The Bertz CT molecular complexity index is 250. The fourth-order valence-electron chi connectivity index (χ4n) is 0.811. The van der Waals surface area contributed by atoms with Crippen molar-refractivity contribution in [1.29, 1.82) is 0 Å². The van der Waals surface area contributed by atoms with Gasteiger partial charge in [-0.05, 0) is 5.92 Å². The van der Waals surface area contributed by atoms with Crippen LogP contribution in [0.3, 0.4) is 0 Å². The average Bonchev–Trinajstić information content (AvgIpc) is 2.10. The molecule has 0 aliphatic heterocycles. The highest BCUT2D eigenvalue weighted by Crippen LogP contribution is 2.15. The van der Waals surface area contributed by atoms with Gasteiger partial charge in [-0.2, -0.15) is 13.2 Å². The molecule has 0 rings (SSSR count). The largest absolute Gasteiger partial charge is 0.471 e. The SMILES string of the molecule is [CH2]OC(=O)[C@@H](NC(=O)C(F)(F)F)C(C)C. The Hall–Kier alpha value is -1.27. The summed E-state index contributed by atoms with van der Waals surface area (Å²) in [5, 5.41) is 1.53. The van der Waals surface area contributed by atoms with E-state index in [4.69, 9.17) is 0 Å². The lowest BCUT2D eigenvalue weighted by atomic mass is 10.0. The van der Waals surface area contributed by atoms with Crippen LogP contribution in [0, 0.1) is 13.0 Å². The van der Waals surface area contributed by atoms with E-state index in [9.17, 15) is 22.8 Å². The third-order valence-electron chi connectivity index (χ3n) is 1.61. The number of alkyl halides is 3. The highest BCUT2D eigenvalue weighted by atomic mass is 19.4. The first kappa shape index (κ1) is 13.7. The number of halogens is 3. The van der Waals surface area contributed by atoms with E-state index < -0.39 is 30.0 Å². The Morgan fingerprint density at radius 2 is 1.80 bits per heavy atom. The van der Waals surface area contributed by atoms with Gasteiger partial charge in [-0.25, -0.2) is 4.79 Å². The molecule has 0 heterocycles. The molecule has 1 amide bonds. The molecule has 1 radical (unpaired) electrons. The van der Waals surface area contributed by atoms with E-state index in [0.717, 1.165) is 0 Å². The Labute approximate surface area is 84.8 Å². The van der Waals surface area contributed by atoms with Crippen LogP contribution < -0.4 is 5.32 Å². The lowest BCUT2D eigenvalue weighted by molar-refractivity contribution is -0.176. The third kappa shape index (κ3) is 4.18. The molecule has 7 heteroatoms. The minimum Gasteiger partial charge on any atom is -0.461 e. The summed E-state index contributed by atoms with van der Waals surface area (Å²) in [6.45, 7) is 2.94. The fraction of sp³-hybridized carbons (Fsp3) is 0.625. The molecule has 0 saturated carbocycles. The molecule has 0 aromatic rings. The van der Waals surface area contributed by atoms with Crippen LogP contribution in [0.25, 0.3) is 0 Å². The quantitative estimate of drug-likeness (QED) is 0.731. The van der Waals surface area contributed by atoms with E-state index in [1.54, 1.807) is 0 Å². The van der Waals surface area contributed by atoms with Crippen molar-refractivity contribution in [2.24, 2.45) is 5.92 Å². The summed E-state index contributed by atoms with van der Waals surface area (Å²) >= 11 is 0. The van der Waals surface area contributed by atoms with Gasteiger partial charge in [0, 0.05) is 0 Å². The maximum Gasteiger partial charge on any atom is 0.471 e. The lowest BCUT2D eigenvalue weighted by Crippen LogP contribution is -2.49. The molecule has 15 heavy (non-hydrogen) atoms. The Morgan fingerprint density at radius 3 is 2.07 bits per heavy atom. The second-order valence-corrected chi connectivity index (χ2v) is 3.16. The van der Waals surface area contributed by atoms with Crippen molar-refractivity contribution in [2.75, 3.05) is 0 Å². The summed E-state index contributed by atoms with van der Waals surface area (Å²) in [4.78, 5) is 21.5. The van der Waals surface area contributed by atoms with Crippen LogP contribution in [0.4, 0.5) is 13.2 Å². The second kappa shape index (κ2) is 4.99. The van der Waals surface area contributed by atoms with Crippen molar-refractivity contribution in [2.45, 2.75) is 26.1 Å². The highest BCUT2D eigenvalue weighted by Gasteiger charge is 2.41. The predicted octanol–water partition coefficient (Wildman–Crippen LogP) is 1.02. The van der Waals surface area contributed by atoms with E-state index in [1.807, 2.05) is 0 Å². The van der Waals surface area contributed by atoms with Crippen LogP contribution in [0.5, 0.6) is 0 Å². The molecule has 0 saturated heterocycles. The molecule has 0 aromatic carbocycles. The molecule has 0 bridgehead atoms. The monoisotopic (exact) mass is 226 g/mol. The molecule has 0 aliphatic rings. The summed E-state index contributed by atoms with van der Waals surface area (Å²) < 4.78 is 39.6. The van der Waals surface area contributed by atoms with Gasteiger partial charge in [0.15, 0.2) is 0 Å². The van der Waals surface area contributed by atoms with Gasteiger partial charge in [0.25, 0.3) is 0 Å². The zero-order valence-electron chi connectivity index (χ0n) is 8.22. The summed E-state index contributed by atoms with van der Waals surface area (Å²) in [5.74, 6) is -3.71. The maximum absolute atomic E-state index is 11.9. The van der Waals surface area contributed by atoms with Gasteiger partial charge in [-0.3, -0.25) is 4.79 Å².